The van der Waals surface area contributed by atoms with Crippen molar-refractivity contribution in [1.82, 2.24) is 10.2 Å². The lowest BCUT2D eigenvalue weighted by atomic mass is 10.0. The highest BCUT2D eigenvalue weighted by molar-refractivity contribution is 9.10. The first-order valence-corrected chi connectivity index (χ1v) is 13.8. The van der Waals surface area contributed by atoms with Gasteiger partial charge in [0.1, 0.15) is 6.04 Å². The normalized spacial score (nSPS) is 11.8. The molecule has 0 aromatic heterocycles. The molecule has 0 radical (unpaired) electrons. The van der Waals surface area contributed by atoms with Crippen molar-refractivity contribution in [1.29, 1.82) is 0 Å². The third kappa shape index (κ3) is 9.02. The average molecular weight is 574 g/mol. The molecule has 0 aliphatic rings. The van der Waals surface area contributed by atoms with Crippen molar-refractivity contribution < 1.29 is 9.59 Å². The van der Waals surface area contributed by atoms with Crippen LogP contribution in [0.3, 0.4) is 0 Å². The van der Waals surface area contributed by atoms with Gasteiger partial charge in [-0.3, -0.25) is 9.59 Å². The van der Waals surface area contributed by atoms with Crippen molar-refractivity contribution in [3.8, 4) is 0 Å². The van der Waals surface area contributed by atoms with Gasteiger partial charge in [-0.25, -0.2) is 0 Å². The van der Waals surface area contributed by atoms with E-state index in [1.165, 1.54) is 11.8 Å². The van der Waals surface area contributed by atoms with E-state index >= 15 is 0 Å². The molecule has 1 atom stereocenters. The van der Waals surface area contributed by atoms with Gasteiger partial charge in [0.15, 0.2) is 0 Å². The van der Waals surface area contributed by atoms with E-state index in [0.29, 0.717) is 23.7 Å². The van der Waals surface area contributed by atoms with E-state index in [-0.39, 0.29) is 23.6 Å². The first-order chi connectivity index (χ1) is 16.8. The van der Waals surface area contributed by atoms with Crippen molar-refractivity contribution in [3.05, 3.63) is 105 Å². The second-order valence-electron chi connectivity index (χ2n) is 8.64. The number of hydrogen-bond donors (Lipinski definition) is 1. The Morgan fingerprint density at radius 1 is 0.943 bits per heavy atom. The van der Waals surface area contributed by atoms with Gasteiger partial charge >= 0.3 is 0 Å². The highest BCUT2D eigenvalue weighted by Gasteiger charge is 2.30. The standard InChI is InChI=1S/C28H30BrClN2O2S/c1-20(2)31-28(34)26(16-21-7-4-3-5-8-21)32(17-23-9-6-10-24(29)15-23)27(33)19-35-18-22-11-13-25(30)14-12-22/h3-15,20,26H,16-19H2,1-2H3,(H,31,34)/t26-/m0/s1. The summed E-state index contributed by atoms with van der Waals surface area (Å²) in [5.41, 5.74) is 3.08. The van der Waals surface area contributed by atoms with Crippen LogP contribution in [0.25, 0.3) is 0 Å². The monoisotopic (exact) mass is 572 g/mol. The number of thioether (sulfide) groups is 1. The summed E-state index contributed by atoms with van der Waals surface area (Å²) in [6.07, 6.45) is 0.445. The van der Waals surface area contributed by atoms with Crippen molar-refractivity contribution >= 4 is 51.1 Å². The van der Waals surface area contributed by atoms with Crippen LogP contribution in [-0.2, 0) is 28.3 Å². The fourth-order valence-electron chi connectivity index (χ4n) is 3.69. The summed E-state index contributed by atoms with van der Waals surface area (Å²) < 4.78 is 0.936. The Labute approximate surface area is 225 Å². The molecule has 7 heteroatoms. The van der Waals surface area contributed by atoms with Gasteiger partial charge < -0.3 is 10.2 Å². The van der Waals surface area contributed by atoms with Crippen molar-refractivity contribution in [3.63, 3.8) is 0 Å². The zero-order chi connectivity index (χ0) is 25.2. The first-order valence-electron chi connectivity index (χ1n) is 11.5. The summed E-state index contributed by atoms with van der Waals surface area (Å²) in [7, 11) is 0. The van der Waals surface area contributed by atoms with E-state index in [2.05, 4.69) is 21.2 Å². The Bertz CT molecular complexity index is 1110. The molecular formula is C28H30BrClN2O2S. The van der Waals surface area contributed by atoms with E-state index in [0.717, 1.165) is 21.2 Å². The van der Waals surface area contributed by atoms with Crippen LogP contribution >= 0.6 is 39.3 Å². The van der Waals surface area contributed by atoms with Gasteiger partial charge in [0.25, 0.3) is 0 Å². The maximum Gasteiger partial charge on any atom is 0.243 e. The maximum absolute atomic E-state index is 13.6. The third-order valence-corrected chi connectivity index (χ3v) is 7.09. The van der Waals surface area contributed by atoms with Crippen LogP contribution in [0.5, 0.6) is 0 Å². The Morgan fingerprint density at radius 3 is 2.29 bits per heavy atom. The minimum absolute atomic E-state index is 0.0251. The van der Waals surface area contributed by atoms with Crippen molar-refractivity contribution in [2.75, 3.05) is 5.75 Å². The van der Waals surface area contributed by atoms with Crippen LogP contribution in [0.4, 0.5) is 0 Å². The lowest BCUT2D eigenvalue weighted by Gasteiger charge is -2.32. The minimum atomic E-state index is -0.623. The Morgan fingerprint density at radius 2 is 1.63 bits per heavy atom. The van der Waals surface area contributed by atoms with E-state index in [9.17, 15) is 9.59 Å². The summed E-state index contributed by atoms with van der Waals surface area (Å²) in [5, 5.41) is 3.71. The highest BCUT2D eigenvalue weighted by Crippen LogP contribution is 2.21. The summed E-state index contributed by atoms with van der Waals surface area (Å²) >= 11 is 11.0. The molecule has 0 spiro atoms. The number of carbonyl (C=O) groups excluding carboxylic acids is 2. The van der Waals surface area contributed by atoms with E-state index in [4.69, 9.17) is 11.6 Å². The molecule has 0 unspecified atom stereocenters. The van der Waals surface area contributed by atoms with Gasteiger partial charge in [0.2, 0.25) is 11.8 Å². The molecule has 3 aromatic rings. The number of nitrogens with zero attached hydrogens (tertiary/aromatic N) is 1. The number of hydrogen-bond acceptors (Lipinski definition) is 3. The molecule has 0 saturated heterocycles. The number of nitrogens with one attached hydrogen (secondary N) is 1. The molecule has 0 bridgehead atoms. The molecule has 184 valence electrons. The molecule has 0 heterocycles. The predicted octanol–water partition coefficient (Wildman–Crippen LogP) is 6.50. The molecule has 0 saturated carbocycles. The van der Waals surface area contributed by atoms with Gasteiger partial charge in [-0.05, 0) is 54.8 Å². The number of amides is 2. The first kappa shape index (κ1) is 27.3. The summed E-state index contributed by atoms with van der Waals surface area (Å²) in [6.45, 7) is 4.21. The largest absolute Gasteiger partial charge is 0.352 e. The molecule has 2 amide bonds. The second-order valence-corrected chi connectivity index (χ2v) is 11.0. The number of carbonyl (C=O) groups is 2. The Balaban J connectivity index is 1.84. The molecule has 3 rings (SSSR count). The molecule has 4 nitrogen and oxygen atoms in total. The van der Waals surface area contributed by atoms with E-state index in [1.54, 1.807) is 4.90 Å². The lowest BCUT2D eigenvalue weighted by Crippen LogP contribution is -2.52. The second kappa shape index (κ2) is 13.7. The summed E-state index contributed by atoms with van der Waals surface area (Å²) in [4.78, 5) is 28.7. The van der Waals surface area contributed by atoms with Crippen LogP contribution in [-0.4, -0.2) is 34.6 Å². The third-order valence-electron chi connectivity index (χ3n) is 5.35. The SMILES string of the molecule is CC(C)NC(=O)[C@H](Cc1ccccc1)N(Cc1cccc(Br)c1)C(=O)CSCc1ccc(Cl)cc1. The van der Waals surface area contributed by atoms with Crippen LogP contribution in [0.1, 0.15) is 30.5 Å². The molecule has 0 aliphatic heterocycles. The van der Waals surface area contributed by atoms with Crippen LogP contribution in [0.2, 0.25) is 5.02 Å². The Kier molecular flexibility index (Phi) is 10.7. The van der Waals surface area contributed by atoms with E-state index in [1.807, 2.05) is 92.7 Å². The van der Waals surface area contributed by atoms with Gasteiger partial charge in [-0.2, -0.15) is 0 Å². The summed E-state index contributed by atoms with van der Waals surface area (Å²) in [6, 6.07) is 24.7. The average Bonchev–Trinajstić information content (AvgIpc) is 2.82. The van der Waals surface area contributed by atoms with Crippen molar-refractivity contribution in [2.24, 2.45) is 0 Å². The Hall–Kier alpha value is -2.28. The molecule has 3 aromatic carbocycles. The van der Waals surface area contributed by atoms with Gasteiger partial charge in [-0.15, -0.1) is 11.8 Å². The minimum Gasteiger partial charge on any atom is -0.352 e. The lowest BCUT2D eigenvalue weighted by molar-refractivity contribution is -0.139. The molecule has 35 heavy (non-hydrogen) atoms. The predicted molar refractivity (Wildman–Crippen MR) is 150 cm³/mol. The van der Waals surface area contributed by atoms with Crippen LogP contribution in [0.15, 0.2) is 83.3 Å². The van der Waals surface area contributed by atoms with Crippen LogP contribution in [0, 0.1) is 0 Å². The fraction of sp³-hybridized carbons (Fsp3) is 0.286. The zero-order valence-corrected chi connectivity index (χ0v) is 23.1. The van der Waals surface area contributed by atoms with Crippen LogP contribution < -0.4 is 5.32 Å². The molecule has 1 N–H and O–H groups in total. The quantitative estimate of drug-likeness (QED) is 0.285. The number of benzene rings is 3. The maximum atomic E-state index is 13.6. The molecule has 0 fully saturated rings. The number of halogens is 2. The zero-order valence-electron chi connectivity index (χ0n) is 19.9. The number of rotatable bonds is 11. The highest BCUT2D eigenvalue weighted by atomic mass is 79.9. The van der Waals surface area contributed by atoms with Gasteiger partial charge in [0.05, 0.1) is 5.75 Å². The molecule has 0 aliphatic carbocycles. The van der Waals surface area contributed by atoms with Crippen molar-refractivity contribution in [2.45, 2.75) is 44.6 Å². The smallest absolute Gasteiger partial charge is 0.243 e. The molecular weight excluding hydrogens is 544 g/mol. The van der Waals surface area contributed by atoms with E-state index < -0.39 is 6.04 Å². The van der Waals surface area contributed by atoms with Gasteiger partial charge in [-0.1, -0.05) is 82.1 Å². The fourth-order valence-corrected chi connectivity index (χ4v) is 5.13. The summed E-state index contributed by atoms with van der Waals surface area (Å²) in [5.74, 6) is 0.755. The van der Waals surface area contributed by atoms with Gasteiger partial charge in [0, 0.05) is 34.3 Å². The topological polar surface area (TPSA) is 49.4 Å².